The lowest BCUT2D eigenvalue weighted by atomic mass is 10.00. The van der Waals surface area contributed by atoms with Crippen LogP contribution < -0.4 is 10.6 Å². The van der Waals surface area contributed by atoms with E-state index in [-0.39, 0.29) is 17.3 Å². The van der Waals surface area contributed by atoms with Gasteiger partial charge in [0.15, 0.2) is 0 Å². The third-order valence-corrected chi connectivity index (χ3v) is 4.31. The van der Waals surface area contributed by atoms with Crippen LogP contribution in [-0.2, 0) is 17.4 Å². The molecule has 0 radical (unpaired) electrons. The molecule has 0 unspecified atom stereocenters. The zero-order valence-electron chi connectivity index (χ0n) is 14.7. The van der Waals surface area contributed by atoms with Gasteiger partial charge in [0.2, 0.25) is 11.7 Å². The summed E-state index contributed by atoms with van der Waals surface area (Å²) in [5.74, 6) is -2.14. The van der Waals surface area contributed by atoms with Crippen molar-refractivity contribution in [3.8, 4) is 11.4 Å². The van der Waals surface area contributed by atoms with E-state index in [0.717, 1.165) is 5.56 Å². The Kier molecular flexibility index (Phi) is 4.53. The number of nitrogens with zero attached hydrogens (tertiary/aromatic N) is 2. The van der Waals surface area contributed by atoms with Crippen molar-refractivity contribution < 1.29 is 27.3 Å². The number of amides is 2. The predicted molar refractivity (Wildman–Crippen MR) is 96.1 cm³/mol. The Labute approximate surface area is 161 Å². The fourth-order valence-electron chi connectivity index (χ4n) is 2.92. The average Bonchev–Trinajstić information content (AvgIpc) is 3.18. The second-order valence-corrected chi connectivity index (χ2v) is 6.38. The van der Waals surface area contributed by atoms with Crippen molar-refractivity contribution >= 4 is 23.2 Å². The summed E-state index contributed by atoms with van der Waals surface area (Å²) >= 11 is 0. The van der Waals surface area contributed by atoms with E-state index in [0.29, 0.717) is 29.8 Å². The quantitative estimate of drug-likeness (QED) is 0.693. The number of anilines is 2. The van der Waals surface area contributed by atoms with E-state index < -0.39 is 18.0 Å². The molecule has 0 fully saturated rings. The van der Waals surface area contributed by atoms with Crippen molar-refractivity contribution in [1.82, 2.24) is 10.1 Å². The van der Waals surface area contributed by atoms with Crippen LogP contribution in [0.15, 0.2) is 47.0 Å². The van der Waals surface area contributed by atoms with Gasteiger partial charge in [-0.25, -0.2) is 0 Å². The highest BCUT2D eigenvalue weighted by molar-refractivity contribution is 6.05. The molecule has 0 bridgehead atoms. The number of hydrogen-bond donors (Lipinski definition) is 2. The van der Waals surface area contributed by atoms with E-state index >= 15 is 0 Å². The summed E-state index contributed by atoms with van der Waals surface area (Å²) < 4.78 is 42.1. The predicted octanol–water partition coefficient (Wildman–Crippen LogP) is 3.89. The molecule has 0 saturated carbocycles. The fraction of sp³-hybridized carbons (Fsp3) is 0.158. The molecule has 2 aromatic carbocycles. The van der Waals surface area contributed by atoms with E-state index in [1.165, 1.54) is 12.1 Å². The number of halogens is 3. The van der Waals surface area contributed by atoms with Crippen LogP contribution in [0.3, 0.4) is 0 Å². The highest BCUT2D eigenvalue weighted by atomic mass is 19.4. The van der Waals surface area contributed by atoms with Gasteiger partial charge in [0, 0.05) is 28.9 Å². The topological polar surface area (TPSA) is 97.1 Å². The van der Waals surface area contributed by atoms with Crippen molar-refractivity contribution in [2.24, 2.45) is 0 Å². The minimum absolute atomic E-state index is 0.0679. The van der Waals surface area contributed by atoms with E-state index in [9.17, 15) is 22.8 Å². The number of aryl methyl sites for hydroxylation is 1. The smallest absolute Gasteiger partial charge is 0.329 e. The molecule has 0 atom stereocenters. The number of alkyl halides is 3. The van der Waals surface area contributed by atoms with Crippen LogP contribution in [-0.4, -0.2) is 22.0 Å². The van der Waals surface area contributed by atoms with Crippen molar-refractivity contribution in [1.29, 1.82) is 0 Å². The number of benzene rings is 2. The third kappa shape index (κ3) is 3.96. The summed E-state index contributed by atoms with van der Waals surface area (Å²) in [4.78, 5) is 27.3. The average molecular weight is 402 g/mol. The Morgan fingerprint density at radius 2 is 1.97 bits per heavy atom. The summed E-state index contributed by atoms with van der Waals surface area (Å²) in [6.45, 7) is 0. The van der Waals surface area contributed by atoms with Gasteiger partial charge in [-0.15, -0.1) is 0 Å². The molecule has 2 N–H and O–H groups in total. The lowest BCUT2D eigenvalue weighted by Crippen LogP contribution is -2.20. The maximum absolute atomic E-state index is 12.6. The first-order chi connectivity index (χ1) is 13.8. The van der Waals surface area contributed by atoms with Crippen LogP contribution >= 0.6 is 0 Å². The molecule has 4 rings (SSSR count). The molecular weight excluding hydrogens is 389 g/mol. The minimum Gasteiger partial charge on any atom is -0.329 e. The Hall–Kier alpha value is -3.69. The van der Waals surface area contributed by atoms with Crippen LogP contribution in [0.5, 0.6) is 0 Å². The van der Waals surface area contributed by atoms with E-state index in [1.807, 2.05) is 0 Å². The van der Waals surface area contributed by atoms with Crippen molar-refractivity contribution in [3.05, 3.63) is 59.5 Å². The maximum atomic E-state index is 12.6. The molecule has 1 aromatic heterocycles. The molecule has 2 heterocycles. The molecule has 0 spiro atoms. The largest absolute Gasteiger partial charge is 0.471 e. The molecule has 0 aliphatic carbocycles. The second-order valence-electron chi connectivity index (χ2n) is 6.38. The van der Waals surface area contributed by atoms with Crippen molar-refractivity contribution in [2.45, 2.75) is 19.0 Å². The Morgan fingerprint density at radius 3 is 2.72 bits per heavy atom. The number of fused-ring (bicyclic) bond motifs is 1. The van der Waals surface area contributed by atoms with Gasteiger partial charge in [-0.3, -0.25) is 9.59 Å². The van der Waals surface area contributed by atoms with E-state index in [2.05, 4.69) is 25.3 Å². The number of aromatic nitrogens is 2. The summed E-state index contributed by atoms with van der Waals surface area (Å²) in [7, 11) is 0. The molecule has 1 aliphatic heterocycles. The van der Waals surface area contributed by atoms with Gasteiger partial charge in [0.25, 0.3) is 5.91 Å². The lowest BCUT2D eigenvalue weighted by molar-refractivity contribution is -0.159. The van der Waals surface area contributed by atoms with Gasteiger partial charge in [-0.2, -0.15) is 18.2 Å². The first-order valence-electron chi connectivity index (χ1n) is 8.55. The van der Waals surface area contributed by atoms with Crippen LogP contribution in [0.2, 0.25) is 0 Å². The van der Waals surface area contributed by atoms with E-state index in [4.69, 9.17) is 0 Å². The van der Waals surface area contributed by atoms with E-state index in [1.54, 1.807) is 30.3 Å². The fourth-order valence-corrected chi connectivity index (χ4v) is 2.92. The van der Waals surface area contributed by atoms with Crippen LogP contribution in [0.25, 0.3) is 11.4 Å². The number of hydrogen-bond acceptors (Lipinski definition) is 5. The molecule has 0 saturated heterocycles. The zero-order valence-corrected chi connectivity index (χ0v) is 14.7. The summed E-state index contributed by atoms with van der Waals surface area (Å²) in [6.07, 6.45) is -3.84. The summed E-state index contributed by atoms with van der Waals surface area (Å²) in [6, 6.07) is 11.0. The monoisotopic (exact) mass is 402 g/mol. The number of rotatable bonds is 3. The molecule has 148 valence electrons. The van der Waals surface area contributed by atoms with Crippen molar-refractivity contribution in [3.63, 3.8) is 0 Å². The summed E-state index contributed by atoms with van der Waals surface area (Å²) in [5, 5.41) is 8.76. The number of carbonyl (C=O) groups excluding carboxylic acids is 2. The Morgan fingerprint density at radius 1 is 1.14 bits per heavy atom. The van der Waals surface area contributed by atoms with Crippen LogP contribution in [0.4, 0.5) is 24.5 Å². The van der Waals surface area contributed by atoms with Gasteiger partial charge in [0.1, 0.15) is 0 Å². The standard InChI is InChI=1S/C19H13F3N4O3/c20-19(21,22)18-25-16(26-29-18)11-2-1-3-13(9-11)23-17(28)12-4-6-14-10(8-12)5-7-15(27)24-14/h1-4,6,8-9H,5,7H2,(H,23,28)(H,24,27). The molecule has 29 heavy (non-hydrogen) atoms. The third-order valence-electron chi connectivity index (χ3n) is 4.31. The van der Waals surface area contributed by atoms with Gasteiger partial charge in [-0.05, 0) is 42.3 Å². The van der Waals surface area contributed by atoms with Gasteiger partial charge < -0.3 is 15.2 Å². The molecule has 1 aliphatic rings. The van der Waals surface area contributed by atoms with Crippen LogP contribution in [0.1, 0.15) is 28.2 Å². The van der Waals surface area contributed by atoms with Gasteiger partial charge >= 0.3 is 12.1 Å². The maximum Gasteiger partial charge on any atom is 0.471 e. The van der Waals surface area contributed by atoms with Crippen molar-refractivity contribution in [2.75, 3.05) is 10.6 Å². The first-order valence-corrected chi connectivity index (χ1v) is 8.55. The SMILES string of the molecule is O=C1CCc2cc(C(=O)Nc3cccc(-c4noc(C(F)(F)F)n4)c3)ccc2N1. The first kappa shape index (κ1) is 18.7. The lowest BCUT2D eigenvalue weighted by Gasteiger charge is -2.17. The number of nitrogens with one attached hydrogen (secondary N) is 2. The second kappa shape index (κ2) is 7.04. The Bertz CT molecular complexity index is 1110. The van der Waals surface area contributed by atoms with Gasteiger partial charge in [-0.1, -0.05) is 17.3 Å². The van der Waals surface area contributed by atoms with Gasteiger partial charge in [0.05, 0.1) is 0 Å². The molecule has 10 heteroatoms. The normalized spacial score (nSPS) is 13.6. The Balaban J connectivity index is 1.53. The summed E-state index contributed by atoms with van der Waals surface area (Å²) in [5.41, 5.74) is 2.55. The molecular formula is C19H13F3N4O3. The molecule has 7 nitrogen and oxygen atoms in total. The molecule has 3 aromatic rings. The zero-order chi connectivity index (χ0) is 20.6. The highest BCUT2D eigenvalue weighted by Crippen LogP contribution is 2.30. The number of carbonyl (C=O) groups is 2. The van der Waals surface area contributed by atoms with Crippen LogP contribution in [0, 0.1) is 0 Å². The minimum atomic E-state index is -4.73. The highest BCUT2D eigenvalue weighted by Gasteiger charge is 2.38. The molecule has 2 amide bonds.